The molecular weight excluding hydrogens is 296 g/mol. The molecule has 1 heterocycles. The zero-order chi connectivity index (χ0) is 16.1. The molecule has 0 bridgehead atoms. The third-order valence-corrected chi connectivity index (χ3v) is 3.45. The van der Waals surface area contributed by atoms with Crippen molar-refractivity contribution < 1.29 is 23.7 Å². The Bertz CT molecular complexity index is 664. The number of hydrogen-bond donors (Lipinski definition) is 0. The average Bonchev–Trinajstić information content (AvgIpc) is 3.42. The summed E-state index contributed by atoms with van der Waals surface area (Å²) in [5, 5.41) is 0. The second-order valence-electron chi connectivity index (χ2n) is 5.17. The molecule has 1 aliphatic rings. The highest BCUT2D eigenvalue weighted by atomic mass is 16.6. The molecule has 2 aromatic carbocycles. The molecule has 0 saturated carbocycles. The summed E-state index contributed by atoms with van der Waals surface area (Å²) in [6.07, 6.45) is 0.0908. The number of hydrogen-bond acceptors (Lipinski definition) is 5. The Hall–Kier alpha value is -2.53. The monoisotopic (exact) mass is 314 g/mol. The first-order chi connectivity index (χ1) is 11.3. The van der Waals surface area contributed by atoms with Crippen LogP contribution in [-0.4, -0.2) is 32.4 Å². The topological polar surface area (TPSA) is 57.3 Å². The Morgan fingerprint density at radius 3 is 2.65 bits per heavy atom. The maximum Gasteiger partial charge on any atom is 0.342 e. The van der Waals surface area contributed by atoms with Crippen molar-refractivity contribution in [2.24, 2.45) is 0 Å². The first-order valence-corrected chi connectivity index (χ1v) is 7.40. The van der Waals surface area contributed by atoms with Crippen LogP contribution in [0.15, 0.2) is 48.5 Å². The SMILES string of the molecule is COc1cccc(C(=O)OCc2ccccc2)c1OCC1CO1. The molecule has 0 aliphatic carbocycles. The molecule has 120 valence electrons. The summed E-state index contributed by atoms with van der Waals surface area (Å²) in [7, 11) is 1.54. The van der Waals surface area contributed by atoms with Gasteiger partial charge in [-0.25, -0.2) is 4.79 Å². The van der Waals surface area contributed by atoms with Gasteiger partial charge in [0.1, 0.15) is 24.9 Å². The van der Waals surface area contributed by atoms with Crippen molar-refractivity contribution in [2.45, 2.75) is 12.7 Å². The lowest BCUT2D eigenvalue weighted by molar-refractivity contribution is 0.0466. The third-order valence-electron chi connectivity index (χ3n) is 3.45. The first kappa shape index (κ1) is 15.4. The standard InChI is InChI=1S/C18H18O5/c1-20-16-9-5-8-15(17(16)22-12-14-11-21-14)18(19)23-10-13-6-3-2-4-7-13/h2-9,14H,10-12H2,1H3. The Morgan fingerprint density at radius 2 is 1.96 bits per heavy atom. The van der Waals surface area contributed by atoms with E-state index in [1.807, 2.05) is 30.3 Å². The lowest BCUT2D eigenvalue weighted by Crippen LogP contribution is -2.12. The van der Waals surface area contributed by atoms with Crippen LogP contribution in [0, 0.1) is 0 Å². The summed E-state index contributed by atoms with van der Waals surface area (Å²) in [5.74, 6) is 0.447. The fraction of sp³-hybridized carbons (Fsp3) is 0.278. The molecule has 1 fully saturated rings. The number of rotatable bonds is 7. The van der Waals surface area contributed by atoms with E-state index in [1.54, 1.807) is 18.2 Å². The Balaban J connectivity index is 1.72. The van der Waals surface area contributed by atoms with Crippen LogP contribution in [-0.2, 0) is 16.1 Å². The quantitative estimate of drug-likeness (QED) is 0.581. The van der Waals surface area contributed by atoms with Gasteiger partial charge in [-0.05, 0) is 17.7 Å². The number of methoxy groups -OCH3 is 1. The largest absolute Gasteiger partial charge is 0.493 e. The molecule has 3 rings (SSSR count). The molecule has 2 aromatic rings. The van der Waals surface area contributed by atoms with E-state index in [-0.39, 0.29) is 12.7 Å². The zero-order valence-electron chi connectivity index (χ0n) is 12.9. The predicted molar refractivity (Wildman–Crippen MR) is 83.8 cm³/mol. The number of benzene rings is 2. The molecule has 0 spiro atoms. The summed E-state index contributed by atoms with van der Waals surface area (Å²) in [6, 6.07) is 14.7. The van der Waals surface area contributed by atoms with Crippen LogP contribution in [0.3, 0.4) is 0 Å². The fourth-order valence-electron chi connectivity index (χ4n) is 2.13. The van der Waals surface area contributed by atoms with Crippen molar-refractivity contribution in [3.63, 3.8) is 0 Å². The minimum atomic E-state index is -0.445. The summed E-state index contributed by atoms with van der Waals surface area (Å²) >= 11 is 0. The van der Waals surface area contributed by atoms with Gasteiger partial charge in [0.25, 0.3) is 0 Å². The minimum absolute atomic E-state index is 0.0908. The molecule has 5 nitrogen and oxygen atoms in total. The van der Waals surface area contributed by atoms with Gasteiger partial charge in [-0.3, -0.25) is 0 Å². The van der Waals surface area contributed by atoms with E-state index in [0.29, 0.717) is 30.3 Å². The van der Waals surface area contributed by atoms with E-state index < -0.39 is 5.97 Å². The van der Waals surface area contributed by atoms with Crippen LogP contribution < -0.4 is 9.47 Å². The number of para-hydroxylation sites is 1. The van der Waals surface area contributed by atoms with Gasteiger partial charge >= 0.3 is 5.97 Å². The molecule has 5 heteroatoms. The molecule has 0 amide bonds. The van der Waals surface area contributed by atoms with E-state index in [0.717, 1.165) is 5.56 Å². The van der Waals surface area contributed by atoms with E-state index in [1.165, 1.54) is 7.11 Å². The van der Waals surface area contributed by atoms with Gasteiger partial charge in [0.05, 0.1) is 13.7 Å². The van der Waals surface area contributed by atoms with Gasteiger partial charge in [0, 0.05) is 0 Å². The maximum absolute atomic E-state index is 12.4. The van der Waals surface area contributed by atoms with Gasteiger partial charge in [-0.2, -0.15) is 0 Å². The van der Waals surface area contributed by atoms with Crippen molar-refractivity contribution in [3.05, 3.63) is 59.7 Å². The number of carbonyl (C=O) groups is 1. The number of esters is 1. The predicted octanol–water partition coefficient (Wildman–Crippen LogP) is 2.83. The fourth-order valence-corrected chi connectivity index (χ4v) is 2.13. The van der Waals surface area contributed by atoms with Crippen molar-refractivity contribution in [1.29, 1.82) is 0 Å². The van der Waals surface area contributed by atoms with E-state index in [2.05, 4.69) is 0 Å². The number of epoxide rings is 1. The lowest BCUT2D eigenvalue weighted by Gasteiger charge is -2.14. The van der Waals surface area contributed by atoms with Crippen molar-refractivity contribution in [3.8, 4) is 11.5 Å². The van der Waals surface area contributed by atoms with Crippen LogP contribution >= 0.6 is 0 Å². The van der Waals surface area contributed by atoms with Crippen molar-refractivity contribution >= 4 is 5.97 Å². The second kappa shape index (κ2) is 7.15. The number of ether oxygens (including phenoxy) is 4. The van der Waals surface area contributed by atoms with Gasteiger partial charge in [-0.1, -0.05) is 36.4 Å². The highest BCUT2D eigenvalue weighted by Gasteiger charge is 2.26. The van der Waals surface area contributed by atoms with Crippen molar-refractivity contribution in [1.82, 2.24) is 0 Å². The van der Waals surface area contributed by atoms with Crippen LogP contribution in [0.1, 0.15) is 15.9 Å². The Kier molecular flexibility index (Phi) is 4.78. The summed E-state index contributed by atoms with van der Waals surface area (Å²) in [5.41, 5.74) is 1.28. The summed E-state index contributed by atoms with van der Waals surface area (Å²) < 4.78 is 21.5. The molecule has 0 aromatic heterocycles. The molecular formula is C18H18O5. The third kappa shape index (κ3) is 4.02. The molecule has 1 atom stereocenters. The smallest absolute Gasteiger partial charge is 0.342 e. The van der Waals surface area contributed by atoms with Crippen molar-refractivity contribution in [2.75, 3.05) is 20.3 Å². The number of carbonyl (C=O) groups excluding carboxylic acids is 1. The van der Waals surface area contributed by atoms with Crippen LogP contribution in [0.4, 0.5) is 0 Å². The second-order valence-corrected chi connectivity index (χ2v) is 5.17. The van der Waals surface area contributed by atoms with Crippen LogP contribution in [0.2, 0.25) is 0 Å². The summed E-state index contributed by atoms with van der Waals surface area (Å²) in [6.45, 7) is 1.28. The molecule has 0 radical (unpaired) electrons. The highest BCUT2D eigenvalue weighted by Crippen LogP contribution is 2.32. The first-order valence-electron chi connectivity index (χ1n) is 7.40. The van der Waals surface area contributed by atoms with Crippen LogP contribution in [0.5, 0.6) is 11.5 Å². The molecule has 1 unspecified atom stereocenters. The van der Waals surface area contributed by atoms with Gasteiger partial charge in [-0.15, -0.1) is 0 Å². The van der Waals surface area contributed by atoms with E-state index in [9.17, 15) is 4.79 Å². The zero-order valence-corrected chi connectivity index (χ0v) is 12.9. The lowest BCUT2D eigenvalue weighted by atomic mass is 10.2. The average molecular weight is 314 g/mol. The normalized spacial score (nSPS) is 15.8. The van der Waals surface area contributed by atoms with Gasteiger partial charge in [0.2, 0.25) is 0 Å². The molecule has 1 saturated heterocycles. The molecule has 0 N–H and O–H groups in total. The Morgan fingerprint density at radius 1 is 1.17 bits per heavy atom. The van der Waals surface area contributed by atoms with Crippen LogP contribution in [0.25, 0.3) is 0 Å². The minimum Gasteiger partial charge on any atom is -0.493 e. The van der Waals surface area contributed by atoms with E-state index >= 15 is 0 Å². The van der Waals surface area contributed by atoms with Gasteiger partial charge < -0.3 is 18.9 Å². The summed E-state index contributed by atoms with van der Waals surface area (Å²) in [4.78, 5) is 12.4. The van der Waals surface area contributed by atoms with Gasteiger partial charge in [0.15, 0.2) is 11.5 Å². The molecule has 1 aliphatic heterocycles. The Labute approximate surface area is 134 Å². The van der Waals surface area contributed by atoms with E-state index in [4.69, 9.17) is 18.9 Å². The maximum atomic E-state index is 12.4. The molecule has 23 heavy (non-hydrogen) atoms. The highest BCUT2D eigenvalue weighted by molar-refractivity contribution is 5.93.